The van der Waals surface area contributed by atoms with Crippen molar-refractivity contribution in [1.82, 2.24) is 19.9 Å². The zero-order valence-electron chi connectivity index (χ0n) is 25.0. The first-order chi connectivity index (χ1) is 23.1. The number of pyridine rings is 4. The molecule has 0 bridgehead atoms. The van der Waals surface area contributed by atoms with Crippen LogP contribution >= 0.6 is 0 Å². The maximum Gasteiger partial charge on any atom is 2.00 e. The largest absolute Gasteiger partial charge is 2.00 e. The SMILES string of the molecule is O=C(O)c1ccnc(-c2cc(C(=O)O)cc(-c3[c-]cccc3)n2)c1.O=C(O)c1ccnc(-c2cc(C(=O)O)cc(-c3[c-]cccc3)n2)c1.[Ru+2]. The zero-order chi connectivity index (χ0) is 34.2. The molecule has 2 aromatic carbocycles. The topological polar surface area (TPSA) is 201 Å². The summed E-state index contributed by atoms with van der Waals surface area (Å²) in [5.74, 6) is -4.40. The molecule has 49 heavy (non-hydrogen) atoms. The number of carbonyl (C=O) groups is 4. The molecule has 0 atom stereocenters. The molecule has 0 saturated heterocycles. The summed E-state index contributed by atoms with van der Waals surface area (Å²) in [5, 5.41) is 36.8. The van der Waals surface area contributed by atoms with E-state index in [1.54, 1.807) is 48.5 Å². The number of carboxylic acid groups (broad SMARTS) is 4. The molecule has 0 aliphatic rings. The average molecular weight is 740 g/mol. The van der Waals surface area contributed by atoms with Crippen molar-refractivity contribution in [2.75, 3.05) is 0 Å². The van der Waals surface area contributed by atoms with Crippen LogP contribution in [0.1, 0.15) is 41.4 Å². The number of rotatable bonds is 8. The predicted molar refractivity (Wildman–Crippen MR) is 171 cm³/mol. The maximum atomic E-state index is 11.4. The monoisotopic (exact) mass is 740 g/mol. The van der Waals surface area contributed by atoms with E-state index in [4.69, 9.17) is 10.2 Å². The number of benzene rings is 2. The second-order valence-electron chi connectivity index (χ2n) is 9.89. The van der Waals surface area contributed by atoms with Gasteiger partial charge in [0.05, 0.1) is 45.0 Å². The van der Waals surface area contributed by atoms with Crippen LogP contribution in [0.2, 0.25) is 0 Å². The van der Waals surface area contributed by atoms with Crippen molar-refractivity contribution in [3.63, 3.8) is 0 Å². The molecule has 242 valence electrons. The van der Waals surface area contributed by atoms with Crippen LogP contribution in [0.5, 0.6) is 0 Å². The summed E-state index contributed by atoms with van der Waals surface area (Å²) in [6.45, 7) is 0. The van der Waals surface area contributed by atoms with Crippen LogP contribution in [0.3, 0.4) is 0 Å². The smallest absolute Gasteiger partial charge is 0.478 e. The van der Waals surface area contributed by atoms with E-state index >= 15 is 0 Å². The van der Waals surface area contributed by atoms with Gasteiger partial charge in [0, 0.05) is 12.4 Å². The van der Waals surface area contributed by atoms with E-state index in [9.17, 15) is 29.4 Å². The van der Waals surface area contributed by atoms with Crippen LogP contribution in [0.15, 0.2) is 109 Å². The van der Waals surface area contributed by atoms with Gasteiger partial charge >= 0.3 is 43.4 Å². The molecular weight excluding hydrogens is 717 g/mol. The van der Waals surface area contributed by atoms with Crippen LogP contribution in [-0.2, 0) is 19.5 Å². The van der Waals surface area contributed by atoms with Gasteiger partial charge in [0.25, 0.3) is 0 Å². The van der Waals surface area contributed by atoms with Gasteiger partial charge in [-0.15, -0.1) is 71.8 Å². The second kappa shape index (κ2) is 15.9. The molecular formula is C36H22N4O8Ru. The summed E-state index contributed by atoms with van der Waals surface area (Å²) >= 11 is 0. The number of nitrogens with zero attached hydrogens (tertiary/aromatic N) is 4. The first-order valence-electron chi connectivity index (χ1n) is 13.9. The number of carboxylic acids is 4. The Kier molecular flexibility index (Phi) is 11.5. The third kappa shape index (κ3) is 8.88. The van der Waals surface area contributed by atoms with Crippen LogP contribution in [0, 0.1) is 12.1 Å². The van der Waals surface area contributed by atoms with E-state index in [1.807, 2.05) is 0 Å². The Hall–Kier alpha value is -6.46. The Morgan fingerprint density at radius 3 is 1.12 bits per heavy atom. The molecule has 0 saturated carbocycles. The molecule has 4 N–H and O–H groups in total. The van der Waals surface area contributed by atoms with Gasteiger partial charge in [-0.05, 0) is 47.8 Å². The Bertz CT molecular complexity index is 2010. The first-order valence-corrected chi connectivity index (χ1v) is 13.9. The number of aromatic nitrogens is 4. The summed E-state index contributed by atoms with van der Waals surface area (Å²) in [7, 11) is 0. The van der Waals surface area contributed by atoms with Gasteiger partial charge in [0.2, 0.25) is 0 Å². The van der Waals surface area contributed by atoms with Crippen molar-refractivity contribution >= 4 is 23.9 Å². The minimum Gasteiger partial charge on any atom is -0.478 e. The van der Waals surface area contributed by atoms with Gasteiger partial charge in [0.15, 0.2) is 0 Å². The summed E-state index contributed by atoms with van der Waals surface area (Å²) in [4.78, 5) is 62.0. The molecule has 0 amide bonds. The fourth-order valence-electron chi connectivity index (χ4n) is 4.36. The number of hydrogen-bond acceptors (Lipinski definition) is 8. The Labute approximate surface area is 291 Å². The van der Waals surface area contributed by atoms with Gasteiger partial charge in [0.1, 0.15) is 0 Å². The average Bonchev–Trinajstić information content (AvgIpc) is 3.12. The van der Waals surface area contributed by atoms with Crippen molar-refractivity contribution in [2.45, 2.75) is 0 Å². The molecule has 0 unspecified atom stereocenters. The fourth-order valence-corrected chi connectivity index (χ4v) is 4.36. The van der Waals surface area contributed by atoms with E-state index in [0.29, 0.717) is 22.5 Å². The second-order valence-corrected chi connectivity index (χ2v) is 9.89. The minimum absolute atomic E-state index is 0. The Balaban J connectivity index is 0.000000216. The van der Waals surface area contributed by atoms with E-state index in [0.717, 1.165) is 0 Å². The molecule has 4 aromatic heterocycles. The molecule has 0 radical (unpaired) electrons. The third-order valence-electron chi connectivity index (χ3n) is 6.65. The molecule has 6 rings (SSSR count). The van der Waals surface area contributed by atoms with Crippen LogP contribution in [0.25, 0.3) is 45.3 Å². The fraction of sp³-hybridized carbons (Fsp3) is 0. The quantitative estimate of drug-likeness (QED) is 0.105. The van der Waals surface area contributed by atoms with E-state index < -0.39 is 23.9 Å². The summed E-state index contributed by atoms with van der Waals surface area (Å²) in [6.07, 6.45) is 2.70. The normalized spacial score (nSPS) is 10.1. The maximum absolute atomic E-state index is 11.4. The van der Waals surface area contributed by atoms with E-state index in [2.05, 4.69) is 32.1 Å². The molecule has 12 nitrogen and oxygen atoms in total. The molecule has 0 aliphatic heterocycles. The van der Waals surface area contributed by atoms with Crippen LogP contribution in [-0.4, -0.2) is 64.2 Å². The summed E-state index contributed by atoms with van der Waals surface area (Å²) < 4.78 is 0. The van der Waals surface area contributed by atoms with Crippen molar-refractivity contribution < 1.29 is 59.1 Å². The van der Waals surface area contributed by atoms with Crippen LogP contribution < -0.4 is 0 Å². The van der Waals surface area contributed by atoms with Gasteiger partial charge in [-0.2, -0.15) is 0 Å². The van der Waals surface area contributed by atoms with E-state index in [1.165, 1.54) is 60.9 Å². The molecule has 13 heteroatoms. The third-order valence-corrected chi connectivity index (χ3v) is 6.65. The summed E-state index contributed by atoms with van der Waals surface area (Å²) in [6, 6.07) is 31.1. The molecule has 4 heterocycles. The standard InChI is InChI=1S/2C18H11N2O4.Ru/c2*21-17(22)12-6-7-19-15(8-12)16-10-13(18(23)24)9-14(20-16)11-4-2-1-3-5-11;/h2*1-4,6-10H,(H,21,22)(H,23,24);/q2*-1;+2. The van der Waals surface area contributed by atoms with Gasteiger partial charge in [-0.25, -0.2) is 19.2 Å². The Morgan fingerprint density at radius 1 is 0.449 bits per heavy atom. The minimum atomic E-state index is -1.11. The van der Waals surface area contributed by atoms with Crippen molar-refractivity contribution in [3.8, 4) is 45.3 Å². The van der Waals surface area contributed by atoms with Crippen molar-refractivity contribution in [3.05, 3.63) is 144 Å². The van der Waals surface area contributed by atoms with Gasteiger partial charge < -0.3 is 20.4 Å². The number of hydrogen-bond donors (Lipinski definition) is 4. The van der Waals surface area contributed by atoms with Crippen LogP contribution in [0.4, 0.5) is 0 Å². The predicted octanol–water partition coefficient (Wildman–Crippen LogP) is 6.01. The van der Waals surface area contributed by atoms with Gasteiger partial charge in [-0.1, -0.05) is 12.1 Å². The summed E-state index contributed by atoms with van der Waals surface area (Å²) in [5.41, 5.74) is 3.43. The Morgan fingerprint density at radius 2 is 0.796 bits per heavy atom. The molecule has 6 aromatic rings. The molecule has 0 spiro atoms. The zero-order valence-corrected chi connectivity index (χ0v) is 26.7. The molecule has 0 fully saturated rings. The molecule has 0 aliphatic carbocycles. The number of aromatic carboxylic acids is 4. The van der Waals surface area contributed by atoms with Crippen molar-refractivity contribution in [1.29, 1.82) is 0 Å². The first kappa shape index (κ1) is 35.4. The van der Waals surface area contributed by atoms with Crippen molar-refractivity contribution in [2.24, 2.45) is 0 Å². The van der Waals surface area contributed by atoms with Gasteiger partial charge in [-0.3, -0.25) is 19.9 Å². The van der Waals surface area contributed by atoms with E-state index in [-0.39, 0.29) is 64.5 Å².